The van der Waals surface area contributed by atoms with E-state index >= 15 is 0 Å². The molecule has 0 aliphatic carbocycles. The number of benzene rings is 1. The normalized spacial score (nSPS) is 20.6. The van der Waals surface area contributed by atoms with Crippen LogP contribution in [0, 0.1) is 12.3 Å². The second-order valence-corrected chi connectivity index (χ2v) is 6.70. The van der Waals surface area contributed by atoms with Crippen molar-refractivity contribution in [2.24, 2.45) is 0 Å². The second-order valence-electron chi connectivity index (χ2n) is 4.93. The number of sulfonamides is 1. The maximum absolute atomic E-state index is 12.0. The molecule has 122 valence electrons. The molecular weight excluding hydrogens is 322 g/mol. The summed E-state index contributed by atoms with van der Waals surface area (Å²) in [6.07, 6.45) is 4.07. The molecule has 1 aliphatic heterocycles. The maximum Gasteiger partial charge on any atom is 0.347 e. The monoisotopic (exact) mass is 337 g/mol. The molecule has 7 nitrogen and oxygen atoms in total. The van der Waals surface area contributed by atoms with Crippen molar-refractivity contribution < 1.29 is 27.5 Å². The van der Waals surface area contributed by atoms with E-state index in [1.54, 1.807) is 6.92 Å². The number of esters is 2. The Kier molecular flexibility index (Phi) is 5.03. The largest absolute Gasteiger partial charge is 0.460 e. The zero-order chi connectivity index (χ0) is 17.0. The Bertz CT molecular complexity index is 747. The molecule has 2 atom stereocenters. The molecule has 0 saturated carbocycles. The lowest BCUT2D eigenvalue weighted by Crippen LogP contribution is -2.24. The number of ether oxygens (including phenoxy) is 2. The van der Waals surface area contributed by atoms with Crippen molar-refractivity contribution in [3.8, 4) is 12.3 Å². The lowest BCUT2D eigenvalue weighted by Gasteiger charge is -2.09. The summed E-state index contributed by atoms with van der Waals surface area (Å²) in [4.78, 5) is 23.4. The number of rotatable bonds is 5. The van der Waals surface area contributed by atoms with Crippen molar-refractivity contribution in [1.29, 1.82) is 0 Å². The van der Waals surface area contributed by atoms with Crippen LogP contribution in [0.15, 0.2) is 29.2 Å². The Hall–Kier alpha value is -2.37. The molecule has 2 rings (SSSR count). The van der Waals surface area contributed by atoms with Gasteiger partial charge >= 0.3 is 11.9 Å². The van der Waals surface area contributed by atoms with Gasteiger partial charge in [0, 0.05) is 6.42 Å². The van der Waals surface area contributed by atoms with Crippen molar-refractivity contribution in [2.45, 2.75) is 30.4 Å². The minimum absolute atomic E-state index is 0.0294. The number of nitrogens with one attached hydrogen (secondary N) is 1. The third-order valence-corrected chi connectivity index (χ3v) is 4.56. The minimum atomic E-state index is -3.72. The fraction of sp³-hybridized carbons (Fsp3) is 0.333. The third-order valence-electron chi connectivity index (χ3n) is 3.14. The molecule has 23 heavy (non-hydrogen) atoms. The van der Waals surface area contributed by atoms with Crippen LogP contribution in [0.1, 0.15) is 23.7 Å². The Morgan fingerprint density at radius 1 is 1.43 bits per heavy atom. The second kappa shape index (κ2) is 6.81. The Balaban J connectivity index is 2.06. The van der Waals surface area contributed by atoms with Gasteiger partial charge in [0.05, 0.1) is 17.0 Å². The average molecular weight is 337 g/mol. The van der Waals surface area contributed by atoms with Gasteiger partial charge in [-0.1, -0.05) is 5.92 Å². The zero-order valence-electron chi connectivity index (χ0n) is 12.3. The van der Waals surface area contributed by atoms with E-state index in [0.29, 0.717) is 6.42 Å². The number of carbonyl (C=O) groups excluding carboxylic acids is 2. The molecule has 1 aromatic rings. The van der Waals surface area contributed by atoms with Gasteiger partial charge in [0.15, 0.2) is 0 Å². The summed E-state index contributed by atoms with van der Waals surface area (Å²) in [7, 11) is -3.72. The molecule has 1 heterocycles. The topological polar surface area (TPSA) is 98.8 Å². The first-order chi connectivity index (χ1) is 10.8. The van der Waals surface area contributed by atoms with Crippen LogP contribution in [0.2, 0.25) is 0 Å². The van der Waals surface area contributed by atoms with Gasteiger partial charge in [-0.25, -0.2) is 18.0 Å². The van der Waals surface area contributed by atoms with Crippen LogP contribution in [-0.4, -0.2) is 39.1 Å². The predicted molar refractivity (Wildman–Crippen MR) is 79.8 cm³/mol. The van der Waals surface area contributed by atoms with Crippen LogP contribution in [-0.2, 0) is 24.3 Å². The van der Waals surface area contributed by atoms with E-state index in [9.17, 15) is 18.0 Å². The van der Waals surface area contributed by atoms with Gasteiger partial charge in [-0.3, -0.25) is 0 Å². The highest BCUT2D eigenvalue weighted by Gasteiger charge is 2.35. The van der Waals surface area contributed by atoms with Crippen molar-refractivity contribution in [3.05, 3.63) is 29.8 Å². The van der Waals surface area contributed by atoms with Gasteiger partial charge in [0.1, 0.15) is 6.10 Å². The molecule has 1 fully saturated rings. The standard InChI is InChI=1S/C15H15NO6S/c1-3-8-16-23(19,20)12-6-4-11(5-7-12)14(17)22-13-9-10(2)21-15(13)18/h1,4-7,10,13,16H,8-9H2,2H3. The number of cyclic esters (lactones) is 1. The minimum Gasteiger partial charge on any atom is -0.460 e. The molecule has 0 radical (unpaired) electrons. The summed E-state index contributed by atoms with van der Waals surface area (Å²) >= 11 is 0. The van der Waals surface area contributed by atoms with Crippen molar-refractivity contribution in [3.63, 3.8) is 0 Å². The first kappa shape index (κ1) is 17.0. The van der Waals surface area contributed by atoms with Gasteiger partial charge < -0.3 is 9.47 Å². The van der Waals surface area contributed by atoms with E-state index in [-0.39, 0.29) is 23.1 Å². The Morgan fingerprint density at radius 3 is 2.61 bits per heavy atom. The van der Waals surface area contributed by atoms with Gasteiger partial charge in [-0.05, 0) is 31.2 Å². The van der Waals surface area contributed by atoms with Gasteiger partial charge in [-0.15, -0.1) is 6.42 Å². The SMILES string of the molecule is C#CCNS(=O)(=O)c1ccc(C(=O)OC2CC(C)OC2=O)cc1. The van der Waals surface area contributed by atoms with Crippen LogP contribution in [0.25, 0.3) is 0 Å². The highest BCUT2D eigenvalue weighted by Crippen LogP contribution is 2.19. The highest BCUT2D eigenvalue weighted by atomic mass is 32.2. The summed E-state index contributed by atoms with van der Waals surface area (Å²) < 4.78 is 35.9. The van der Waals surface area contributed by atoms with Gasteiger partial charge in [-0.2, -0.15) is 4.72 Å². The smallest absolute Gasteiger partial charge is 0.347 e. The van der Waals surface area contributed by atoms with Crippen LogP contribution in [0.3, 0.4) is 0 Å². The molecule has 2 unspecified atom stereocenters. The fourth-order valence-electron chi connectivity index (χ4n) is 2.00. The average Bonchev–Trinajstić information content (AvgIpc) is 2.83. The Morgan fingerprint density at radius 2 is 2.09 bits per heavy atom. The van der Waals surface area contributed by atoms with E-state index in [1.165, 1.54) is 24.3 Å². The van der Waals surface area contributed by atoms with Crippen molar-refractivity contribution in [1.82, 2.24) is 4.72 Å². The summed E-state index contributed by atoms with van der Waals surface area (Å²) in [6, 6.07) is 5.11. The summed E-state index contributed by atoms with van der Waals surface area (Å²) in [6.45, 7) is 1.57. The van der Waals surface area contributed by atoms with Crippen molar-refractivity contribution in [2.75, 3.05) is 6.54 Å². The quantitative estimate of drug-likeness (QED) is 0.619. The molecule has 8 heteroatoms. The van der Waals surface area contributed by atoms with E-state index in [2.05, 4.69) is 10.6 Å². The van der Waals surface area contributed by atoms with Crippen LogP contribution in [0.5, 0.6) is 0 Å². The molecule has 0 amide bonds. The van der Waals surface area contributed by atoms with E-state index in [4.69, 9.17) is 15.9 Å². The molecule has 1 N–H and O–H groups in total. The predicted octanol–water partition coefficient (Wildman–Crippen LogP) is 0.459. The molecule has 0 spiro atoms. The molecule has 1 aromatic carbocycles. The third kappa shape index (κ3) is 4.09. The Labute approximate surface area is 134 Å². The van der Waals surface area contributed by atoms with Gasteiger partial charge in [0.25, 0.3) is 0 Å². The van der Waals surface area contributed by atoms with E-state index < -0.39 is 28.1 Å². The van der Waals surface area contributed by atoms with Crippen molar-refractivity contribution >= 4 is 22.0 Å². The van der Waals surface area contributed by atoms with Crippen LogP contribution >= 0.6 is 0 Å². The maximum atomic E-state index is 12.0. The molecule has 0 aromatic heterocycles. The first-order valence-electron chi connectivity index (χ1n) is 6.78. The van der Waals surface area contributed by atoms with Gasteiger partial charge in [0.2, 0.25) is 16.1 Å². The molecular formula is C15H15NO6S. The zero-order valence-corrected chi connectivity index (χ0v) is 13.1. The molecule has 1 aliphatic rings. The summed E-state index contributed by atoms with van der Waals surface area (Å²) in [5, 5.41) is 0. The number of hydrogen-bond donors (Lipinski definition) is 1. The fourth-order valence-corrected chi connectivity index (χ4v) is 2.94. The molecule has 0 bridgehead atoms. The highest BCUT2D eigenvalue weighted by molar-refractivity contribution is 7.89. The lowest BCUT2D eigenvalue weighted by atomic mass is 10.2. The first-order valence-corrected chi connectivity index (χ1v) is 8.26. The van der Waals surface area contributed by atoms with Crippen LogP contribution in [0.4, 0.5) is 0 Å². The summed E-state index contributed by atoms with van der Waals surface area (Å²) in [5.41, 5.74) is 0.133. The number of carbonyl (C=O) groups is 2. The number of hydrogen-bond acceptors (Lipinski definition) is 6. The number of terminal acetylenes is 1. The van der Waals surface area contributed by atoms with E-state index in [0.717, 1.165) is 0 Å². The summed E-state index contributed by atoms with van der Waals surface area (Å²) in [5.74, 6) is 0.862. The lowest BCUT2D eigenvalue weighted by molar-refractivity contribution is -0.147. The van der Waals surface area contributed by atoms with Crippen LogP contribution < -0.4 is 4.72 Å². The molecule has 1 saturated heterocycles. The van der Waals surface area contributed by atoms with E-state index in [1.807, 2.05) is 0 Å².